The van der Waals surface area contributed by atoms with Crippen molar-refractivity contribution < 1.29 is 0 Å². The highest BCUT2D eigenvalue weighted by molar-refractivity contribution is 5.38. The summed E-state index contributed by atoms with van der Waals surface area (Å²) in [5.74, 6) is 0.978. The predicted molar refractivity (Wildman–Crippen MR) is 67.0 cm³/mol. The molecular formula is C14H13N3. The second-order valence-corrected chi connectivity index (χ2v) is 4.21. The van der Waals surface area contributed by atoms with Gasteiger partial charge in [-0.3, -0.25) is 4.40 Å². The van der Waals surface area contributed by atoms with Gasteiger partial charge in [-0.1, -0.05) is 35.9 Å². The summed E-state index contributed by atoms with van der Waals surface area (Å²) < 4.78 is 2.03. The molecule has 2 heterocycles. The molecule has 0 bridgehead atoms. The van der Waals surface area contributed by atoms with E-state index in [4.69, 9.17) is 0 Å². The normalized spacial score (nSPS) is 10.9. The van der Waals surface area contributed by atoms with Crippen LogP contribution in [0.25, 0.3) is 5.65 Å². The highest BCUT2D eigenvalue weighted by Crippen LogP contribution is 2.11. The van der Waals surface area contributed by atoms with Gasteiger partial charge in [0.1, 0.15) is 5.82 Å². The number of aryl methyl sites for hydroxylation is 1. The van der Waals surface area contributed by atoms with Crippen molar-refractivity contribution in [3.05, 3.63) is 65.6 Å². The Morgan fingerprint density at radius 3 is 2.88 bits per heavy atom. The molecule has 3 aromatic rings. The monoisotopic (exact) mass is 223 g/mol. The number of rotatable bonds is 2. The molecule has 3 heteroatoms. The van der Waals surface area contributed by atoms with E-state index in [1.54, 1.807) is 0 Å². The lowest BCUT2D eigenvalue weighted by Gasteiger charge is -2.01. The van der Waals surface area contributed by atoms with Crippen LogP contribution < -0.4 is 0 Å². The van der Waals surface area contributed by atoms with Crippen molar-refractivity contribution in [3.8, 4) is 0 Å². The van der Waals surface area contributed by atoms with Gasteiger partial charge in [0.15, 0.2) is 5.65 Å². The quantitative estimate of drug-likeness (QED) is 0.668. The molecule has 2 aromatic heterocycles. The molecule has 0 saturated carbocycles. The molecule has 84 valence electrons. The molecule has 0 aliphatic heterocycles. The molecule has 0 N–H and O–H groups in total. The van der Waals surface area contributed by atoms with E-state index in [9.17, 15) is 0 Å². The maximum Gasteiger partial charge on any atom is 0.160 e. The third kappa shape index (κ3) is 1.91. The van der Waals surface area contributed by atoms with Crippen molar-refractivity contribution in [1.29, 1.82) is 0 Å². The molecule has 0 aliphatic carbocycles. The van der Waals surface area contributed by atoms with Crippen molar-refractivity contribution in [2.45, 2.75) is 13.3 Å². The molecule has 1 aromatic carbocycles. The minimum atomic E-state index is 0.812. The van der Waals surface area contributed by atoms with Crippen molar-refractivity contribution in [3.63, 3.8) is 0 Å². The summed E-state index contributed by atoms with van der Waals surface area (Å²) in [5, 5.41) is 8.38. The van der Waals surface area contributed by atoms with E-state index in [-0.39, 0.29) is 0 Å². The second-order valence-electron chi connectivity index (χ2n) is 4.21. The Morgan fingerprint density at radius 1 is 1.06 bits per heavy atom. The Hall–Kier alpha value is -2.16. The number of fused-ring (bicyclic) bond motifs is 1. The van der Waals surface area contributed by atoms with E-state index in [2.05, 4.69) is 41.4 Å². The van der Waals surface area contributed by atoms with Crippen LogP contribution >= 0.6 is 0 Å². The lowest BCUT2D eigenvalue weighted by Crippen LogP contribution is -1.96. The predicted octanol–water partition coefficient (Wildman–Crippen LogP) is 2.63. The average Bonchev–Trinajstić information content (AvgIpc) is 2.73. The van der Waals surface area contributed by atoms with Crippen LogP contribution in [0.5, 0.6) is 0 Å². The summed E-state index contributed by atoms with van der Waals surface area (Å²) >= 11 is 0. The maximum atomic E-state index is 4.23. The Bertz CT molecular complexity index is 655. The van der Waals surface area contributed by atoms with Gasteiger partial charge in [0.05, 0.1) is 0 Å². The van der Waals surface area contributed by atoms with Crippen LogP contribution in [0.3, 0.4) is 0 Å². The molecule has 0 saturated heterocycles. The second kappa shape index (κ2) is 4.01. The Balaban J connectivity index is 2.00. The summed E-state index contributed by atoms with van der Waals surface area (Å²) in [7, 11) is 0. The molecule has 0 aliphatic rings. The minimum Gasteiger partial charge on any atom is -0.286 e. The SMILES string of the molecule is Cc1cccc(Cc2nnc3ccccn23)c1. The lowest BCUT2D eigenvalue weighted by molar-refractivity contribution is 0.933. The number of benzene rings is 1. The van der Waals surface area contributed by atoms with Gasteiger partial charge in [-0.05, 0) is 24.6 Å². The third-order valence-corrected chi connectivity index (χ3v) is 2.83. The molecule has 3 nitrogen and oxygen atoms in total. The van der Waals surface area contributed by atoms with Gasteiger partial charge in [-0.25, -0.2) is 0 Å². The number of aromatic nitrogens is 3. The highest BCUT2D eigenvalue weighted by atomic mass is 15.2. The number of pyridine rings is 1. The molecule has 0 amide bonds. The van der Waals surface area contributed by atoms with E-state index in [0.29, 0.717) is 0 Å². The third-order valence-electron chi connectivity index (χ3n) is 2.83. The molecule has 0 atom stereocenters. The molecule has 0 radical (unpaired) electrons. The van der Waals surface area contributed by atoms with E-state index in [1.807, 2.05) is 28.8 Å². The highest BCUT2D eigenvalue weighted by Gasteiger charge is 2.05. The van der Waals surface area contributed by atoms with Crippen molar-refractivity contribution in [1.82, 2.24) is 14.6 Å². The summed E-state index contributed by atoms with van der Waals surface area (Å²) in [6, 6.07) is 14.4. The zero-order chi connectivity index (χ0) is 11.7. The Labute approximate surface area is 99.7 Å². The topological polar surface area (TPSA) is 30.2 Å². The first-order valence-corrected chi connectivity index (χ1v) is 5.67. The van der Waals surface area contributed by atoms with Crippen LogP contribution in [0.4, 0.5) is 0 Å². The summed E-state index contributed by atoms with van der Waals surface area (Å²) in [6.45, 7) is 2.10. The fraction of sp³-hybridized carbons (Fsp3) is 0.143. The van der Waals surface area contributed by atoms with Crippen molar-refractivity contribution >= 4 is 5.65 Å². The summed E-state index contributed by atoms with van der Waals surface area (Å²) in [5.41, 5.74) is 3.44. The lowest BCUT2D eigenvalue weighted by atomic mass is 10.1. The first-order chi connectivity index (χ1) is 8.33. The first kappa shape index (κ1) is 10.0. The molecule has 0 fully saturated rings. The van der Waals surface area contributed by atoms with Crippen LogP contribution in [0, 0.1) is 6.92 Å². The maximum absolute atomic E-state index is 4.23. The zero-order valence-corrected chi connectivity index (χ0v) is 9.67. The number of hydrogen-bond donors (Lipinski definition) is 0. The van der Waals surface area contributed by atoms with Crippen LogP contribution in [0.15, 0.2) is 48.7 Å². The molecule has 0 spiro atoms. The van der Waals surface area contributed by atoms with Crippen LogP contribution in [-0.4, -0.2) is 14.6 Å². The van der Waals surface area contributed by atoms with Gasteiger partial charge < -0.3 is 0 Å². The van der Waals surface area contributed by atoms with Crippen LogP contribution in [0.2, 0.25) is 0 Å². The van der Waals surface area contributed by atoms with E-state index in [0.717, 1.165) is 17.9 Å². The summed E-state index contributed by atoms with van der Waals surface area (Å²) in [4.78, 5) is 0. The van der Waals surface area contributed by atoms with Crippen LogP contribution in [0.1, 0.15) is 17.0 Å². The first-order valence-electron chi connectivity index (χ1n) is 5.67. The smallest absolute Gasteiger partial charge is 0.160 e. The standard InChI is InChI=1S/C14H13N3/c1-11-5-4-6-12(9-11)10-14-16-15-13-7-2-3-8-17(13)14/h2-9H,10H2,1H3. The molecule has 3 rings (SSSR count). The van der Waals surface area contributed by atoms with Gasteiger partial charge >= 0.3 is 0 Å². The van der Waals surface area contributed by atoms with Crippen LogP contribution in [-0.2, 0) is 6.42 Å². The largest absolute Gasteiger partial charge is 0.286 e. The molecule has 17 heavy (non-hydrogen) atoms. The van der Waals surface area contributed by atoms with Gasteiger partial charge in [0, 0.05) is 12.6 Å². The zero-order valence-electron chi connectivity index (χ0n) is 9.67. The number of hydrogen-bond acceptors (Lipinski definition) is 2. The Kier molecular flexibility index (Phi) is 2.37. The van der Waals surface area contributed by atoms with E-state index in [1.165, 1.54) is 11.1 Å². The molecular weight excluding hydrogens is 210 g/mol. The Morgan fingerprint density at radius 2 is 2.00 bits per heavy atom. The average molecular weight is 223 g/mol. The number of nitrogens with zero attached hydrogens (tertiary/aromatic N) is 3. The van der Waals surface area contributed by atoms with E-state index < -0.39 is 0 Å². The van der Waals surface area contributed by atoms with Gasteiger partial charge in [-0.2, -0.15) is 0 Å². The summed E-state index contributed by atoms with van der Waals surface area (Å²) in [6.07, 6.45) is 2.81. The minimum absolute atomic E-state index is 0.812. The molecule has 0 unspecified atom stereocenters. The van der Waals surface area contributed by atoms with E-state index >= 15 is 0 Å². The van der Waals surface area contributed by atoms with Gasteiger partial charge in [0.25, 0.3) is 0 Å². The van der Waals surface area contributed by atoms with Gasteiger partial charge in [0.2, 0.25) is 0 Å². The fourth-order valence-electron chi connectivity index (χ4n) is 2.02. The van der Waals surface area contributed by atoms with Crippen molar-refractivity contribution in [2.75, 3.05) is 0 Å². The van der Waals surface area contributed by atoms with Crippen molar-refractivity contribution in [2.24, 2.45) is 0 Å². The van der Waals surface area contributed by atoms with Gasteiger partial charge in [-0.15, -0.1) is 10.2 Å². The fourth-order valence-corrected chi connectivity index (χ4v) is 2.02.